The van der Waals surface area contributed by atoms with Crippen LogP contribution in [0.3, 0.4) is 0 Å². The van der Waals surface area contributed by atoms with Crippen LogP contribution < -0.4 is 4.74 Å². The molecule has 0 aliphatic heterocycles. The summed E-state index contributed by atoms with van der Waals surface area (Å²) in [5.74, 6) is 1.72. The standard InChI is InChI=1S/C29H19NO/c1-2-10-20(11-3-1)31-29-25-15-6-4-13-22(25)28(23-14-5-7-16-26(23)29)24-18-19-30-27-17-9-8-12-21(24)27/h1-19H. The Hall–Kier alpha value is -4.17. The molecule has 0 unspecified atom stereocenters. The number of rotatable bonds is 3. The van der Waals surface area contributed by atoms with Gasteiger partial charge in [-0.1, -0.05) is 84.9 Å². The van der Waals surface area contributed by atoms with Crippen LogP contribution in [0.1, 0.15) is 0 Å². The van der Waals surface area contributed by atoms with Crippen LogP contribution >= 0.6 is 0 Å². The second kappa shape index (κ2) is 7.26. The molecule has 6 aromatic rings. The summed E-state index contributed by atoms with van der Waals surface area (Å²) in [5, 5.41) is 5.69. The molecule has 31 heavy (non-hydrogen) atoms. The van der Waals surface area contributed by atoms with Gasteiger partial charge in [-0.25, -0.2) is 0 Å². The van der Waals surface area contributed by atoms with Gasteiger partial charge in [0.25, 0.3) is 0 Å². The molecule has 0 aliphatic carbocycles. The van der Waals surface area contributed by atoms with Crippen LogP contribution in [0.15, 0.2) is 115 Å². The van der Waals surface area contributed by atoms with E-state index in [0.717, 1.165) is 33.2 Å². The Bertz CT molecular complexity index is 1490. The summed E-state index contributed by atoms with van der Waals surface area (Å²) in [5.41, 5.74) is 3.40. The molecule has 0 atom stereocenters. The third-order valence-corrected chi connectivity index (χ3v) is 5.76. The highest BCUT2D eigenvalue weighted by Gasteiger charge is 2.18. The van der Waals surface area contributed by atoms with E-state index in [-0.39, 0.29) is 0 Å². The van der Waals surface area contributed by atoms with E-state index in [1.165, 1.54) is 21.9 Å². The first-order chi connectivity index (χ1) is 15.4. The van der Waals surface area contributed by atoms with Gasteiger partial charge in [-0.3, -0.25) is 4.98 Å². The minimum atomic E-state index is 0.833. The van der Waals surface area contributed by atoms with Crippen LogP contribution in [0, 0.1) is 0 Å². The normalized spacial score (nSPS) is 11.2. The van der Waals surface area contributed by atoms with Gasteiger partial charge < -0.3 is 4.74 Å². The lowest BCUT2D eigenvalue weighted by atomic mass is 9.90. The van der Waals surface area contributed by atoms with Gasteiger partial charge in [0.1, 0.15) is 11.5 Å². The number of aromatic nitrogens is 1. The van der Waals surface area contributed by atoms with Crippen LogP contribution in [0.5, 0.6) is 11.5 Å². The van der Waals surface area contributed by atoms with Crippen molar-refractivity contribution >= 4 is 32.4 Å². The van der Waals surface area contributed by atoms with E-state index in [4.69, 9.17) is 4.74 Å². The monoisotopic (exact) mass is 397 g/mol. The number of fused-ring (bicyclic) bond motifs is 3. The highest BCUT2D eigenvalue weighted by atomic mass is 16.5. The molecule has 6 rings (SSSR count). The molecule has 0 fully saturated rings. The quantitative estimate of drug-likeness (QED) is 0.282. The Kier molecular flexibility index (Phi) is 4.14. The molecule has 0 bridgehead atoms. The average molecular weight is 397 g/mol. The lowest BCUT2D eigenvalue weighted by Crippen LogP contribution is -1.93. The molecule has 146 valence electrons. The van der Waals surface area contributed by atoms with Crippen LogP contribution in [0.25, 0.3) is 43.6 Å². The van der Waals surface area contributed by atoms with E-state index < -0.39 is 0 Å². The molecule has 2 nitrogen and oxygen atoms in total. The molecule has 1 heterocycles. The van der Waals surface area contributed by atoms with Crippen molar-refractivity contribution in [2.24, 2.45) is 0 Å². The average Bonchev–Trinajstić information content (AvgIpc) is 2.84. The molecule has 0 spiro atoms. The van der Waals surface area contributed by atoms with Crippen LogP contribution in [-0.4, -0.2) is 4.98 Å². The van der Waals surface area contributed by atoms with Crippen LogP contribution in [0.2, 0.25) is 0 Å². The first-order valence-electron chi connectivity index (χ1n) is 10.4. The van der Waals surface area contributed by atoms with Crippen molar-refractivity contribution in [2.75, 3.05) is 0 Å². The number of pyridine rings is 1. The topological polar surface area (TPSA) is 22.1 Å². The number of nitrogens with zero attached hydrogens (tertiary/aromatic N) is 1. The van der Waals surface area contributed by atoms with Gasteiger partial charge >= 0.3 is 0 Å². The van der Waals surface area contributed by atoms with E-state index >= 15 is 0 Å². The minimum absolute atomic E-state index is 0.833. The predicted molar refractivity (Wildman–Crippen MR) is 129 cm³/mol. The summed E-state index contributed by atoms with van der Waals surface area (Å²) in [6.07, 6.45) is 1.90. The van der Waals surface area contributed by atoms with E-state index in [9.17, 15) is 0 Å². The highest BCUT2D eigenvalue weighted by molar-refractivity contribution is 6.19. The van der Waals surface area contributed by atoms with E-state index in [1.54, 1.807) is 0 Å². The second-order valence-corrected chi connectivity index (χ2v) is 7.59. The van der Waals surface area contributed by atoms with Crippen molar-refractivity contribution in [3.63, 3.8) is 0 Å². The van der Waals surface area contributed by atoms with Crippen LogP contribution in [0.4, 0.5) is 0 Å². The Morgan fingerprint density at radius 3 is 1.71 bits per heavy atom. The van der Waals surface area contributed by atoms with Crippen molar-refractivity contribution < 1.29 is 4.74 Å². The second-order valence-electron chi connectivity index (χ2n) is 7.59. The number of benzene rings is 5. The van der Waals surface area contributed by atoms with Gasteiger partial charge in [0.05, 0.1) is 5.52 Å². The zero-order chi connectivity index (χ0) is 20.6. The zero-order valence-electron chi connectivity index (χ0n) is 16.8. The Morgan fingerprint density at radius 2 is 1.03 bits per heavy atom. The molecule has 0 aliphatic rings. The lowest BCUT2D eigenvalue weighted by Gasteiger charge is -2.18. The zero-order valence-corrected chi connectivity index (χ0v) is 16.8. The van der Waals surface area contributed by atoms with Gasteiger partial charge in [-0.15, -0.1) is 0 Å². The van der Waals surface area contributed by atoms with Crippen molar-refractivity contribution in [2.45, 2.75) is 0 Å². The molecular weight excluding hydrogens is 378 g/mol. The van der Waals surface area contributed by atoms with Crippen molar-refractivity contribution in [3.8, 4) is 22.6 Å². The summed E-state index contributed by atoms with van der Waals surface area (Å²) in [4.78, 5) is 4.58. The molecule has 0 amide bonds. The number of hydrogen-bond donors (Lipinski definition) is 0. The van der Waals surface area contributed by atoms with E-state index in [2.05, 4.69) is 77.8 Å². The number of hydrogen-bond acceptors (Lipinski definition) is 2. The fraction of sp³-hybridized carbons (Fsp3) is 0. The molecular formula is C29H19NO. The molecule has 2 heteroatoms. The maximum Gasteiger partial charge on any atom is 0.143 e. The van der Waals surface area contributed by atoms with Crippen molar-refractivity contribution in [3.05, 3.63) is 115 Å². The van der Waals surface area contributed by atoms with Gasteiger partial charge in [0.15, 0.2) is 0 Å². The Morgan fingerprint density at radius 1 is 0.484 bits per heavy atom. The van der Waals surface area contributed by atoms with Crippen molar-refractivity contribution in [1.29, 1.82) is 0 Å². The van der Waals surface area contributed by atoms with E-state index in [1.807, 2.05) is 42.6 Å². The first kappa shape index (κ1) is 17.7. The third-order valence-electron chi connectivity index (χ3n) is 5.76. The van der Waals surface area contributed by atoms with Crippen LogP contribution in [-0.2, 0) is 0 Å². The maximum absolute atomic E-state index is 6.47. The van der Waals surface area contributed by atoms with E-state index in [0.29, 0.717) is 0 Å². The molecule has 0 N–H and O–H groups in total. The molecule has 0 radical (unpaired) electrons. The Labute approximate surface area is 180 Å². The highest BCUT2D eigenvalue weighted by Crippen LogP contribution is 2.45. The number of para-hydroxylation sites is 2. The third kappa shape index (κ3) is 2.92. The predicted octanol–water partition coefficient (Wildman–Crippen LogP) is 8.00. The van der Waals surface area contributed by atoms with Gasteiger partial charge in [0.2, 0.25) is 0 Å². The first-order valence-corrected chi connectivity index (χ1v) is 10.4. The summed E-state index contributed by atoms with van der Waals surface area (Å²) in [6.45, 7) is 0. The largest absolute Gasteiger partial charge is 0.456 e. The summed E-state index contributed by atoms with van der Waals surface area (Å²) in [6, 6.07) is 37.4. The lowest BCUT2D eigenvalue weighted by molar-refractivity contribution is 0.494. The summed E-state index contributed by atoms with van der Waals surface area (Å²) < 4.78 is 6.47. The summed E-state index contributed by atoms with van der Waals surface area (Å²) >= 11 is 0. The van der Waals surface area contributed by atoms with Crippen molar-refractivity contribution in [1.82, 2.24) is 4.98 Å². The maximum atomic E-state index is 6.47. The Balaban J connectivity index is 1.75. The summed E-state index contributed by atoms with van der Waals surface area (Å²) in [7, 11) is 0. The molecule has 0 saturated heterocycles. The van der Waals surface area contributed by atoms with Gasteiger partial charge in [-0.05, 0) is 46.2 Å². The SMILES string of the molecule is c1ccc(Oc2c3ccccc3c(-c3ccnc4ccccc34)c3ccccc23)cc1. The minimum Gasteiger partial charge on any atom is -0.456 e. The van der Waals surface area contributed by atoms with Gasteiger partial charge in [-0.2, -0.15) is 0 Å². The fourth-order valence-electron chi connectivity index (χ4n) is 4.41. The number of ether oxygens (including phenoxy) is 1. The molecule has 5 aromatic carbocycles. The fourth-order valence-corrected chi connectivity index (χ4v) is 4.41. The smallest absolute Gasteiger partial charge is 0.143 e. The molecule has 0 saturated carbocycles. The van der Waals surface area contributed by atoms with Gasteiger partial charge in [0, 0.05) is 22.4 Å². The molecule has 1 aromatic heterocycles.